The highest BCUT2D eigenvalue weighted by molar-refractivity contribution is 7.18. The minimum absolute atomic E-state index is 0.205. The molecule has 150 valence electrons. The summed E-state index contributed by atoms with van der Waals surface area (Å²) in [6.45, 7) is 1.43. The van der Waals surface area contributed by atoms with Gasteiger partial charge in [0.25, 0.3) is 5.91 Å². The summed E-state index contributed by atoms with van der Waals surface area (Å²) in [5.41, 5.74) is 5.71. The van der Waals surface area contributed by atoms with Crippen molar-refractivity contribution in [3.05, 3.63) is 29.3 Å². The predicted molar refractivity (Wildman–Crippen MR) is 107 cm³/mol. The summed E-state index contributed by atoms with van der Waals surface area (Å²) in [4.78, 5) is 39.8. The Hall–Kier alpha value is -2.48. The van der Waals surface area contributed by atoms with E-state index in [1.54, 1.807) is 11.3 Å². The van der Waals surface area contributed by atoms with Crippen LogP contribution < -0.4 is 11.1 Å². The highest BCUT2D eigenvalue weighted by Crippen LogP contribution is 2.43. The number of nitrogens with zero attached hydrogens (tertiary/aromatic N) is 1. The smallest absolute Gasteiger partial charge is 0.318 e. The molecule has 1 saturated carbocycles. The number of hydrogen-bond donors (Lipinski definition) is 2. The van der Waals surface area contributed by atoms with Crippen LogP contribution in [0.5, 0.6) is 0 Å². The lowest BCUT2D eigenvalue weighted by molar-refractivity contribution is -0.157. The van der Waals surface area contributed by atoms with Crippen molar-refractivity contribution in [3.63, 3.8) is 0 Å². The number of primary amides is 1. The topological polar surface area (TPSA) is 111 Å². The largest absolute Gasteiger partial charge is 0.453 e. The van der Waals surface area contributed by atoms with Crippen molar-refractivity contribution in [2.75, 3.05) is 0 Å². The molecular weight excluding hydrogens is 378 g/mol. The van der Waals surface area contributed by atoms with Crippen LogP contribution in [-0.2, 0) is 20.7 Å². The second-order valence-corrected chi connectivity index (χ2v) is 8.59. The number of carbonyl (C=O) groups is 3. The van der Waals surface area contributed by atoms with Crippen LogP contribution in [0, 0.1) is 5.41 Å². The van der Waals surface area contributed by atoms with Crippen molar-refractivity contribution >= 4 is 39.5 Å². The third-order valence-corrected chi connectivity index (χ3v) is 6.26. The van der Waals surface area contributed by atoms with Crippen molar-refractivity contribution in [1.29, 1.82) is 0 Å². The number of urea groups is 1. The number of rotatable bonds is 6. The summed E-state index contributed by atoms with van der Waals surface area (Å²) in [5, 5.41) is 2.95. The fraction of sp³-hybridized carbons (Fsp3) is 0.500. The van der Waals surface area contributed by atoms with Gasteiger partial charge in [0, 0.05) is 6.42 Å². The molecule has 1 fully saturated rings. The molecule has 1 atom stereocenters. The van der Waals surface area contributed by atoms with Gasteiger partial charge >= 0.3 is 12.0 Å². The second kappa shape index (κ2) is 8.68. The van der Waals surface area contributed by atoms with E-state index in [0.29, 0.717) is 0 Å². The number of carbonyl (C=O) groups excluding carboxylic acids is 3. The maximum atomic E-state index is 12.5. The molecule has 0 spiro atoms. The molecule has 3 N–H and O–H groups in total. The number of amides is 3. The summed E-state index contributed by atoms with van der Waals surface area (Å²) in [7, 11) is 0. The number of nitrogens with one attached hydrogen (secondary N) is 1. The molecule has 0 unspecified atom stereocenters. The van der Waals surface area contributed by atoms with Gasteiger partial charge in [-0.05, 0) is 37.3 Å². The molecule has 0 saturated heterocycles. The number of hydrogen-bond acceptors (Lipinski definition) is 6. The van der Waals surface area contributed by atoms with Crippen LogP contribution in [-0.4, -0.2) is 29.0 Å². The molecule has 1 aliphatic carbocycles. The average Bonchev–Trinajstić information content (AvgIpc) is 3.03. The molecule has 1 aromatic heterocycles. The summed E-state index contributed by atoms with van der Waals surface area (Å²) < 4.78 is 6.40. The monoisotopic (exact) mass is 403 g/mol. The molecule has 2 aromatic rings. The third kappa shape index (κ3) is 5.07. The standard InChI is InChI=1S/C20H25N3O4S/c1-13(18(25)23-19(21)26)27-17(24)12-20(9-5-2-6-10-20)11-16-22-14-7-3-4-8-15(14)28-16/h3-4,7-8,13H,2,5-6,9-12H2,1H3,(H3,21,23,25,26)/t13-/m1/s1. The van der Waals surface area contributed by atoms with Crippen LogP contribution in [0.2, 0.25) is 0 Å². The first-order chi connectivity index (χ1) is 13.4. The second-order valence-electron chi connectivity index (χ2n) is 7.48. The first-order valence-electron chi connectivity index (χ1n) is 9.51. The van der Waals surface area contributed by atoms with Gasteiger partial charge in [0.15, 0.2) is 6.10 Å². The Morgan fingerprint density at radius 2 is 1.96 bits per heavy atom. The minimum atomic E-state index is -1.07. The number of esters is 1. The Morgan fingerprint density at radius 3 is 2.64 bits per heavy atom. The molecule has 1 heterocycles. The minimum Gasteiger partial charge on any atom is -0.453 e. The fourth-order valence-electron chi connectivity index (χ4n) is 3.86. The van der Waals surface area contributed by atoms with Crippen LogP contribution >= 0.6 is 11.3 Å². The number of aromatic nitrogens is 1. The van der Waals surface area contributed by atoms with E-state index in [4.69, 9.17) is 15.5 Å². The van der Waals surface area contributed by atoms with Crippen molar-refractivity contribution < 1.29 is 19.1 Å². The molecule has 28 heavy (non-hydrogen) atoms. The molecule has 3 amide bonds. The van der Waals surface area contributed by atoms with Crippen molar-refractivity contribution in [2.45, 2.75) is 58.0 Å². The van der Waals surface area contributed by atoms with Crippen LogP contribution in [0.25, 0.3) is 10.2 Å². The molecule has 8 heteroatoms. The normalized spacial score (nSPS) is 17.0. The zero-order valence-electron chi connectivity index (χ0n) is 15.9. The Bertz CT molecular complexity index is 840. The highest BCUT2D eigenvalue weighted by atomic mass is 32.1. The maximum Gasteiger partial charge on any atom is 0.318 e. The summed E-state index contributed by atoms with van der Waals surface area (Å²) in [6.07, 6.45) is 5.04. The molecular formula is C20H25N3O4S. The van der Waals surface area contributed by atoms with Gasteiger partial charge in [0.2, 0.25) is 0 Å². The molecule has 1 aromatic carbocycles. The van der Waals surface area contributed by atoms with Gasteiger partial charge in [-0.3, -0.25) is 14.9 Å². The van der Waals surface area contributed by atoms with E-state index in [1.165, 1.54) is 6.92 Å². The van der Waals surface area contributed by atoms with Crippen LogP contribution in [0.15, 0.2) is 24.3 Å². The van der Waals surface area contributed by atoms with Gasteiger partial charge in [0.05, 0.1) is 21.6 Å². The van der Waals surface area contributed by atoms with Gasteiger partial charge in [-0.25, -0.2) is 9.78 Å². The Labute approximate surface area is 167 Å². The van der Waals surface area contributed by atoms with Crippen molar-refractivity contribution in [2.24, 2.45) is 11.1 Å². The molecule has 0 bridgehead atoms. The van der Waals surface area contributed by atoms with E-state index < -0.39 is 24.0 Å². The molecule has 7 nitrogen and oxygen atoms in total. The Balaban J connectivity index is 1.69. The summed E-state index contributed by atoms with van der Waals surface area (Å²) >= 11 is 1.66. The van der Waals surface area contributed by atoms with E-state index in [2.05, 4.69) is 6.07 Å². The number of ether oxygens (including phenoxy) is 1. The first kappa shape index (κ1) is 20.3. The van der Waals surface area contributed by atoms with Crippen LogP contribution in [0.1, 0.15) is 50.5 Å². The SMILES string of the molecule is C[C@@H](OC(=O)CC1(Cc2nc3ccccc3s2)CCCCC1)C(=O)NC(N)=O. The fourth-order valence-corrected chi connectivity index (χ4v) is 5.00. The first-order valence-corrected chi connectivity index (χ1v) is 10.3. The molecule has 3 rings (SSSR count). The predicted octanol–water partition coefficient (Wildman–Crippen LogP) is 3.31. The number of benzene rings is 1. The maximum absolute atomic E-state index is 12.5. The van der Waals surface area contributed by atoms with Gasteiger partial charge in [-0.2, -0.15) is 0 Å². The Kier molecular flexibility index (Phi) is 6.28. The van der Waals surface area contributed by atoms with Gasteiger partial charge in [-0.1, -0.05) is 31.4 Å². The van der Waals surface area contributed by atoms with Crippen LogP contribution in [0.4, 0.5) is 4.79 Å². The van der Waals surface area contributed by atoms with E-state index >= 15 is 0 Å². The zero-order valence-corrected chi connectivity index (χ0v) is 16.7. The van der Waals surface area contributed by atoms with E-state index in [0.717, 1.165) is 53.7 Å². The summed E-state index contributed by atoms with van der Waals surface area (Å²) in [6, 6.07) is 7.05. The highest BCUT2D eigenvalue weighted by Gasteiger charge is 2.37. The third-order valence-electron chi connectivity index (χ3n) is 5.22. The van der Waals surface area contributed by atoms with Gasteiger partial charge in [-0.15, -0.1) is 11.3 Å². The van der Waals surface area contributed by atoms with Gasteiger partial charge < -0.3 is 10.5 Å². The summed E-state index contributed by atoms with van der Waals surface area (Å²) in [5.74, 6) is -1.15. The zero-order chi connectivity index (χ0) is 20.1. The number of imide groups is 1. The molecule has 0 radical (unpaired) electrons. The quantitative estimate of drug-likeness (QED) is 0.719. The van der Waals surface area contributed by atoms with E-state index in [-0.39, 0.29) is 11.8 Å². The van der Waals surface area contributed by atoms with E-state index in [1.807, 2.05) is 23.5 Å². The number of para-hydroxylation sites is 1. The van der Waals surface area contributed by atoms with Crippen molar-refractivity contribution in [3.8, 4) is 0 Å². The van der Waals surface area contributed by atoms with Gasteiger partial charge in [0.1, 0.15) is 0 Å². The average molecular weight is 404 g/mol. The number of fused-ring (bicyclic) bond motifs is 1. The van der Waals surface area contributed by atoms with Crippen molar-refractivity contribution in [1.82, 2.24) is 10.3 Å². The lowest BCUT2D eigenvalue weighted by Gasteiger charge is -2.36. The molecule has 1 aliphatic rings. The lowest BCUT2D eigenvalue weighted by atomic mass is 9.70. The molecule has 0 aliphatic heterocycles. The van der Waals surface area contributed by atoms with Crippen LogP contribution in [0.3, 0.4) is 0 Å². The number of thiazole rings is 1. The number of nitrogens with two attached hydrogens (primary N) is 1. The van der Waals surface area contributed by atoms with E-state index in [9.17, 15) is 14.4 Å². The lowest BCUT2D eigenvalue weighted by Crippen LogP contribution is -2.42. The Morgan fingerprint density at radius 1 is 1.25 bits per heavy atom.